The van der Waals surface area contributed by atoms with E-state index in [9.17, 15) is 4.79 Å². The number of terminal acetylenes is 1. The van der Waals surface area contributed by atoms with Crippen LogP contribution in [0.25, 0.3) is 0 Å². The molecule has 0 saturated carbocycles. The van der Waals surface area contributed by atoms with Gasteiger partial charge in [0.2, 0.25) is 5.91 Å². The van der Waals surface area contributed by atoms with Crippen LogP contribution in [0.15, 0.2) is 24.3 Å². The Hall–Kier alpha value is -1.50. The Morgan fingerprint density at radius 3 is 2.94 bits per heavy atom. The molecule has 0 aliphatic heterocycles. The average Bonchev–Trinajstić information content (AvgIpc) is 2.37. The number of hydrogen-bond acceptors (Lipinski definition) is 2. The first-order valence-electron chi connectivity index (χ1n) is 5.71. The summed E-state index contributed by atoms with van der Waals surface area (Å²) in [5.41, 5.74) is 1.01. The molecule has 1 atom stereocenters. The summed E-state index contributed by atoms with van der Waals surface area (Å²) in [6.07, 6.45) is 5.11. The van der Waals surface area contributed by atoms with Gasteiger partial charge in [0.15, 0.2) is 0 Å². The van der Waals surface area contributed by atoms with Crippen LogP contribution in [0, 0.1) is 12.3 Å². The van der Waals surface area contributed by atoms with Crippen molar-refractivity contribution in [1.82, 2.24) is 10.2 Å². The summed E-state index contributed by atoms with van der Waals surface area (Å²) in [6.45, 7) is 2.60. The van der Waals surface area contributed by atoms with Crippen LogP contribution in [-0.2, 0) is 4.79 Å². The zero-order valence-electron chi connectivity index (χ0n) is 10.6. The molecule has 0 heterocycles. The average molecular weight is 265 g/mol. The monoisotopic (exact) mass is 264 g/mol. The molecule has 0 radical (unpaired) electrons. The van der Waals surface area contributed by atoms with E-state index in [4.69, 9.17) is 18.0 Å². The van der Waals surface area contributed by atoms with Gasteiger partial charge in [-0.05, 0) is 24.6 Å². The van der Waals surface area contributed by atoms with E-state index < -0.39 is 0 Å². The van der Waals surface area contributed by atoms with E-state index in [2.05, 4.69) is 11.2 Å². The van der Waals surface area contributed by atoms with Crippen LogP contribution in [0.4, 0.5) is 0 Å². The minimum atomic E-state index is -0.0242. The topological polar surface area (TPSA) is 32.3 Å². The lowest BCUT2D eigenvalue weighted by atomic mass is 10.1. The third-order valence-electron chi connectivity index (χ3n) is 2.81. The first-order chi connectivity index (χ1) is 8.56. The van der Waals surface area contributed by atoms with Crippen LogP contribution >= 0.6 is 11.6 Å². The highest BCUT2D eigenvalue weighted by atomic mass is 35.5. The summed E-state index contributed by atoms with van der Waals surface area (Å²) in [5.74, 6) is 2.43. The minimum Gasteiger partial charge on any atom is -0.338 e. The Balaban J connectivity index is 2.63. The quantitative estimate of drug-likeness (QED) is 0.652. The van der Waals surface area contributed by atoms with Crippen molar-refractivity contribution in [1.29, 1.82) is 0 Å². The number of carbonyl (C=O) groups excluding carboxylic acids is 1. The molecule has 0 fully saturated rings. The smallest absolute Gasteiger partial charge is 0.236 e. The molecule has 3 nitrogen and oxygen atoms in total. The fourth-order valence-electron chi connectivity index (χ4n) is 1.57. The van der Waals surface area contributed by atoms with Crippen molar-refractivity contribution in [2.45, 2.75) is 13.0 Å². The second kappa shape index (κ2) is 7.05. The molecule has 18 heavy (non-hydrogen) atoms. The first-order valence-corrected chi connectivity index (χ1v) is 6.09. The molecular formula is C14H17ClN2O. The molecule has 0 aliphatic carbocycles. The third-order valence-corrected chi connectivity index (χ3v) is 3.04. The molecule has 4 heteroatoms. The minimum absolute atomic E-state index is 0.00211. The van der Waals surface area contributed by atoms with E-state index in [-0.39, 0.29) is 18.5 Å². The predicted molar refractivity (Wildman–Crippen MR) is 74.3 cm³/mol. The summed E-state index contributed by atoms with van der Waals surface area (Å²) in [7, 11) is 1.77. The largest absolute Gasteiger partial charge is 0.338 e. The van der Waals surface area contributed by atoms with Gasteiger partial charge in [0.05, 0.1) is 19.1 Å². The van der Waals surface area contributed by atoms with Crippen molar-refractivity contribution in [3.63, 3.8) is 0 Å². The normalized spacial score (nSPS) is 11.7. The number of benzene rings is 1. The Morgan fingerprint density at radius 2 is 2.33 bits per heavy atom. The summed E-state index contributed by atoms with van der Waals surface area (Å²) < 4.78 is 0. The van der Waals surface area contributed by atoms with Gasteiger partial charge in [-0.1, -0.05) is 29.7 Å². The lowest BCUT2D eigenvalue weighted by Gasteiger charge is -2.25. The molecule has 0 saturated heterocycles. The Kier molecular flexibility index (Phi) is 5.70. The number of hydrogen-bond donors (Lipinski definition) is 1. The van der Waals surface area contributed by atoms with Gasteiger partial charge in [-0.15, -0.1) is 6.42 Å². The van der Waals surface area contributed by atoms with Crippen molar-refractivity contribution in [2.75, 3.05) is 20.1 Å². The Labute approximate surface area is 113 Å². The van der Waals surface area contributed by atoms with Crippen LogP contribution in [0.5, 0.6) is 0 Å². The summed E-state index contributed by atoms with van der Waals surface area (Å²) in [6, 6.07) is 7.49. The van der Waals surface area contributed by atoms with Crippen molar-refractivity contribution >= 4 is 17.5 Å². The van der Waals surface area contributed by atoms with E-state index in [1.54, 1.807) is 11.9 Å². The van der Waals surface area contributed by atoms with Gasteiger partial charge in [0.1, 0.15) is 0 Å². The number of halogens is 1. The maximum absolute atomic E-state index is 11.9. The van der Waals surface area contributed by atoms with E-state index in [0.29, 0.717) is 11.6 Å². The maximum atomic E-state index is 11.9. The van der Waals surface area contributed by atoms with Gasteiger partial charge < -0.3 is 4.90 Å². The van der Waals surface area contributed by atoms with Gasteiger partial charge in [0.25, 0.3) is 0 Å². The van der Waals surface area contributed by atoms with Crippen molar-refractivity contribution in [3.8, 4) is 12.3 Å². The molecule has 0 aromatic heterocycles. The molecule has 96 valence electrons. The van der Waals surface area contributed by atoms with Crippen LogP contribution < -0.4 is 5.32 Å². The Morgan fingerprint density at radius 1 is 1.61 bits per heavy atom. The standard InChI is InChI=1S/C14H17ClN2O/c1-4-8-16-10-14(18)17(3)11(2)12-6-5-7-13(15)9-12/h1,5-7,9,11,16H,8,10H2,2-3H3. The SMILES string of the molecule is C#CCNCC(=O)N(C)C(C)c1cccc(Cl)c1. The highest BCUT2D eigenvalue weighted by Crippen LogP contribution is 2.21. The number of carbonyl (C=O) groups is 1. The zero-order chi connectivity index (χ0) is 13.5. The summed E-state index contributed by atoms with van der Waals surface area (Å²) >= 11 is 5.94. The van der Waals surface area contributed by atoms with Crippen LogP contribution in [0.2, 0.25) is 5.02 Å². The van der Waals surface area contributed by atoms with Crippen molar-refractivity contribution in [3.05, 3.63) is 34.9 Å². The Bertz CT molecular complexity index is 453. The van der Waals surface area contributed by atoms with Crippen molar-refractivity contribution in [2.24, 2.45) is 0 Å². The zero-order valence-corrected chi connectivity index (χ0v) is 11.4. The fourth-order valence-corrected chi connectivity index (χ4v) is 1.77. The third kappa shape index (κ3) is 4.06. The van der Waals surface area contributed by atoms with Crippen LogP contribution in [0.1, 0.15) is 18.5 Å². The fraction of sp³-hybridized carbons (Fsp3) is 0.357. The van der Waals surface area contributed by atoms with Crippen LogP contribution in [-0.4, -0.2) is 30.9 Å². The highest BCUT2D eigenvalue weighted by molar-refractivity contribution is 6.30. The second-order valence-corrected chi connectivity index (χ2v) is 4.48. The number of likely N-dealkylation sites (N-methyl/N-ethyl adjacent to an activating group) is 1. The maximum Gasteiger partial charge on any atom is 0.236 e. The molecular weight excluding hydrogens is 248 g/mol. The summed E-state index contributed by atoms with van der Waals surface area (Å²) in [5, 5.41) is 3.55. The number of nitrogens with one attached hydrogen (secondary N) is 1. The molecule has 1 N–H and O–H groups in total. The first kappa shape index (κ1) is 14.6. The molecule has 0 bridgehead atoms. The predicted octanol–water partition coefficient (Wildman–Crippen LogP) is 2.08. The molecule has 1 aromatic rings. The van der Waals surface area contributed by atoms with E-state index in [1.807, 2.05) is 31.2 Å². The molecule has 0 spiro atoms. The van der Waals surface area contributed by atoms with Gasteiger partial charge in [-0.3, -0.25) is 10.1 Å². The van der Waals surface area contributed by atoms with Crippen LogP contribution in [0.3, 0.4) is 0 Å². The molecule has 1 aromatic carbocycles. The lowest BCUT2D eigenvalue weighted by molar-refractivity contribution is -0.130. The molecule has 1 rings (SSSR count). The molecule has 1 unspecified atom stereocenters. The van der Waals surface area contributed by atoms with E-state index in [0.717, 1.165) is 5.56 Å². The van der Waals surface area contributed by atoms with Gasteiger partial charge in [-0.25, -0.2) is 0 Å². The molecule has 0 aliphatic rings. The van der Waals surface area contributed by atoms with Gasteiger partial charge in [-0.2, -0.15) is 0 Å². The van der Waals surface area contributed by atoms with Crippen molar-refractivity contribution < 1.29 is 4.79 Å². The second-order valence-electron chi connectivity index (χ2n) is 4.04. The number of rotatable bonds is 5. The van der Waals surface area contributed by atoms with Gasteiger partial charge in [0, 0.05) is 12.1 Å². The molecule has 1 amide bonds. The van der Waals surface area contributed by atoms with Gasteiger partial charge >= 0.3 is 0 Å². The summed E-state index contributed by atoms with van der Waals surface area (Å²) in [4.78, 5) is 13.6. The number of nitrogens with zero attached hydrogens (tertiary/aromatic N) is 1. The van der Waals surface area contributed by atoms with E-state index >= 15 is 0 Å². The highest BCUT2D eigenvalue weighted by Gasteiger charge is 2.16. The number of amides is 1. The van der Waals surface area contributed by atoms with E-state index in [1.165, 1.54) is 0 Å². The lowest BCUT2D eigenvalue weighted by Crippen LogP contribution is -2.37.